The van der Waals surface area contributed by atoms with E-state index < -0.39 is 12.0 Å². The number of aromatic nitrogens is 2. The number of aliphatic carboxylic acids is 1. The van der Waals surface area contributed by atoms with E-state index >= 15 is 0 Å². The van der Waals surface area contributed by atoms with E-state index in [9.17, 15) is 19.5 Å². The van der Waals surface area contributed by atoms with Gasteiger partial charge in [0.1, 0.15) is 17.0 Å². The highest BCUT2D eigenvalue weighted by molar-refractivity contribution is 7.19. The topological polar surface area (TPSA) is 128 Å². The van der Waals surface area contributed by atoms with Crippen molar-refractivity contribution >= 4 is 45.2 Å². The summed E-state index contributed by atoms with van der Waals surface area (Å²) in [6.45, 7) is 1.92. The number of benzene rings is 1. The van der Waals surface area contributed by atoms with Crippen molar-refractivity contribution in [3.05, 3.63) is 64.8 Å². The van der Waals surface area contributed by atoms with Crippen LogP contribution >= 0.6 is 11.3 Å². The standard InChI is InChI=1S/C24H26N6O4S/c1-29(2)11-10-25-18(31)8-9-19(32)30-12-16-17(13-30)35-23-20(16)22(26-14-27-23)28-21(24(33)34)15-6-4-3-5-7-15/h3-9,14,21H,10-13H2,1-2H3,(H,25,31)(H,33,34)(H,26,27,28). The van der Waals surface area contributed by atoms with Gasteiger partial charge in [-0.2, -0.15) is 0 Å². The van der Waals surface area contributed by atoms with Crippen molar-refractivity contribution in [3.8, 4) is 0 Å². The first kappa shape index (κ1) is 24.3. The van der Waals surface area contributed by atoms with E-state index in [-0.39, 0.29) is 11.8 Å². The lowest BCUT2D eigenvalue weighted by atomic mass is 10.1. The third-order valence-electron chi connectivity index (χ3n) is 5.56. The van der Waals surface area contributed by atoms with E-state index in [1.807, 2.05) is 25.1 Å². The minimum Gasteiger partial charge on any atom is -0.479 e. The lowest BCUT2D eigenvalue weighted by Crippen LogP contribution is -2.30. The quantitative estimate of drug-likeness (QED) is 0.386. The highest BCUT2D eigenvalue weighted by atomic mass is 32.1. The Balaban J connectivity index is 1.50. The van der Waals surface area contributed by atoms with Gasteiger partial charge in [-0.25, -0.2) is 14.8 Å². The predicted molar refractivity (Wildman–Crippen MR) is 133 cm³/mol. The molecule has 11 heteroatoms. The number of carbonyl (C=O) groups excluding carboxylic acids is 2. The fourth-order valence-corrected chi connectivity index (χ4v) is 4.97. The van der Waals surface area contributed by atoms with Gasteiger partial charge < -0.3 is 25.5 Å². The molecule has 0 saturated heterocycles. The molecule has 1 unspecified atom stereocenters. The Labute approximate surface area is 206 Å². The average Bonchev–Trinajstić information content (AvgIpc) is 3.39. The number of thiophene rings is 1. The van der Waals surface area contributed by atoms with Crippen LogP contribution in [0.3, 0.4) is 0 Å². The van der Waals surface area contributed by atoms with Crippen LogP contribution in [0.2, 0.25) is 0 Å². The maximum Gasteiger partial charge on any atom is 0.330 e. The molecule has 0 radical (unpaired) electrons. The van der Waals surface area contributed by atoms with Gasteiger partial charge in [-0.05, 0) is 19.7 Å². The number of amides is 2. The molecule has 3 aromatic rings. The summed E-state index contributed by atoms with van der Waals surface area (Å²) in [5.41, 5.74) is 1.49. The summed E-state index contributed by atoms with van der Waals surface area (Å²) in [4.78, 5) is 50.6. The SMILES string of the molecule is CN(C)CCNC(=O)C=CC(=O)N1Cc2sc3ncnc(NC(C(=O)O)c4ccccc4)c3c2C1. The lowest BCUT2D eigenvalue weighted by molar-refractivity contribution is -0.138. The van der Waals surface area contributed by atoms with Crippen LogP contribution in [0, 0.1) is 0 Å². The Kier molecular flexibility index (Phi) is 7.37. The van der Waals surface area contributed by atoms with Gasteiger partial charge >= 0.3 is 5.97 Å². The van der Waals surface area contributed by atoms with Crippen molar-refractivity contribution in [1.82, 2.24) is 25.1 Å². The van der Waals surface area contributed by atoms with Crippen molar-refractivity contribution in [2.45, 2.75) is 19.1 Å². The largest absolute Gasteiger partial charge is 0.479 e. The molecule has 3 heterocycles. The molecule has 0 spiro atoms. The number of carboxylic acid groups (broad SMARTS) is 1. The lowest BCUT2D eigenvalue weighted by Gasteiger charge is -2.17. The van der Waals surface area contributed by atoms with Crippen molar-refractivity contribution in [2.75, 3.05) is 32.5 Å². The van der Waals surface area contributed by atoms with Crippen molar-refractivity contribution in [2.24, 2.45) is 0 Å². The highest BCUT2D eigenvalue weighted by Gasteiger charge is 2.30. The summed E-state index contributed by atoms with van der Waals surface area (Å²) in [6, 6.07) is 7.88. The Morgan fingerprint density at radius 2 is 1.94 bits per heavy atom. The zero-order valence-corrected chi connectivity index (χ0v) is 20.2. The molecule has 0 aliphatic carbocycles. The van der Waals surface area contributed by atoms with Crippen molar-refractivity contribution in [1.29, 1.82) is 0 Å². The van der Waals surface area contributed by atoms with Gasteiger partial charge in [0.05, 0.1) is 11.9 Å². The predicted octanol–water partition coefficient (Wildman–Crippen LogP) is 2.01. The molecule has 10 nitrogen and oxygen atoms in total. The number of fused-ring (bicyclic) bond motifs is 3. The number of likely N-dealkylation sites (N-methyl/N-ethyl adjacent to an activating group) is 1. The van der Waals surface area contributed by atoms with Crippen LogP contribution in [0.1, 0.15) is 22.0 Å². The number of carbonyl (C=O) groups is 3. The van der Waals surface area contributed by atoms with Crippen molar-refractivity contribution in [3.63, 3.8) is 0 Å². The molecular formula is C24H26N6O4S. The van der Waals surface area contributed by atoms with Gasteiger partial charge in [-0.3, -0.25) is 9.59 Å². The van der Waals surface area contributed by atoms with Crippen LogP contribution in [-0.4, -0.2) is 69.8 Å². The van der Waals surface area contributed by atoms with Crippen LogP contribution in [0.25, 0.3) is 10.2 Å². The minimum absolute atomic E-state index is 0.275. The van der Waals surface area contributed by atoms with Gasteiger partial charge in [0.25, 0.3) is 0 Å². The molecule has 2 amide bonds. The molecule has 35 heavy (non-hydrogen) atoms. The van der Waals surface area contributed by atoms with E-state index in [2.05, 4.69) is 20.6 Å². The van der Waals surface area contributed by atoms with E-state index in [0.29, 0.717) is 37.6 Å². The van der Waals surface area contributed by atoms with Crippen LogP contribution in [0.15, 0.2) is 48.8 Å². The third kappa shape index (κ3) is 5.64. The minimum atomic E-state index is -1.03. The van der Waals surface area contributed by atoms with Gasteiger partial charge in [0, 0.05) is 42.2 Å². The molecule has 1 aromatic carbocycles. The van der Waals surface area contributed by atoms with Gasteiger partial charge in [-0.15, -0.1) is 11.3 Å². The number of hydrogen-bond acceptors (Lipinski definition) is 8. The molecule has 1 aliphatic heterocycles. The Morgan fingerprint density at radius 3 is 2.66 bits per heavy atom. The van der Waals surface area contributed by atoms with E-state index in [1.54, 1.807) is 29.2 Å². The average molecular weight is 495 g/mol. The first-order valence-corrected chi connectivity index (χ1v) is 11.8. The summed E-state index contributed by atoms with van der Waals surface area (Å²) in [7, 11) is 3.83. The Bertz CT molecular complexity index is 1270. The Morgan fingerprint density at radius 1 is 1.17 bits per heavy atom. The molecule has 1 atom stereocenters. The molecule has 0 saturated carbocycles. The third-order valence-corrected chi connectivity index (χ3v) is 6.69. The smallest absolute Gasteiger partial charge is 0.330 e. The second kappa shape index (κ2) is 10.6. The van der Waals surface area contributed by atoms with Crippen LogP contribution in [0.5, 0.6) is 0 Å². The number of nitrogens with one attached hydrogen (secondary N) is 2. The number of anilines is 1. The van der Waals surface area contributed by atoms with Crippen LogP contribution in [-0.2, 0) is 27.5 Å². The summed E-state index contributed by atoms with van der Waals surface area (Å²) in [6.07, 6.45) is 3.92. The van der Waals surface area contributed by atoms with Crippen LogP contribution < -0.4 is 10.6 Å². The first-order chi connectivity index (χ1) is 16.8. The van der Waals surface area contributed by atoms with E-state index in [1.165, 1.54) is 29.8 Å². The maximum absolute atomic E-state index is 12.7. The Hall–Kier alpha value is -3.83. The zero-order chi connectivity index (χ0) is 24.9. The summed E-state index contributed by atoms with van der Waals surface area (Å²) in [5.74, 6) is -1.21. The number of hydrogen-bond donors (Lipinski definition) is 3. The second-order valence-corrected chi connectivity index (χ2v) is 9.44. The zero-order valence-electron chi connectivity index (χ0n) is 19.4. The molecule has 182 valence electrons. The summed E-state index contributed by atoms with van der Waals surface area (Å²) < 4.78 is 0. The number of rotatable bonds is 9. The molecular weight excluding hydrogens is 468 g/mol. The summed E-state index contributed by atoms with van der Waals surface area (Å²) in [5, 5.41) is 16.3. The fraction of sp³-hybridized carbons (Fsp3) is 0.292. The normalized spacial score (nSPS) is 13.9. The molecule has 2 aromatic heterocycles. The fourth-order valence-electron chi connectivity index (χ4n) is 3.80. The van der Waals surface area contributed by atoms with Gasteiger partial charge in [-0.1, -0.05) is 30.3 Å². The van der Waals surface area contributed by atoms with E-state index in [0.717, 1.165) is 20.7 Å². The second-order valence-electron chi connectivity index (χ2n) is 8.35. The van der Waals surface area contributed by atoms with Gasteiger partial charge in [0.15, 0.2) is 6.04 Å². The van der Waals surface area contributed by atoms with Crippen molar-refractivity contribution < 1.29 is 19.5 Å². The molecule has 0 fully saturated rings. The van der Waals surface area contributed by atoms with Crippen LogP contribution in [0.4, 0.5) is 5.82 Å². The molecule has 3 N–H and O–H groups in total. The molecule has 4 rings (SSSR count). The monoisotopic (exact) mass is 494 g/mol. The maximum atomic E-state index is 12.7. The highest BCUT2D eigenvalue weighted by Crippen LogP contribution is 2.40. The summed E-state index contributed by atoms with van der Waals surface area (Å²) >= 11 is 1.45. The molecule has 1 aliphatic rings. The molecule has 0 bridgehead atoms. The number of nitrogens with zero attached hydrogens (tertiary/aromatic N) is 4. The van der Waals surface area contributed by atoms with Gasteiger partial charge in [0.2, 0.25) is 11.8 Å². The first-order valence-electron chi connectivity index (χ1n) is 11.0. The van der Waals surface area contributed by atoms with E-state index in [4.69, 9.17) is 0 Å². The number of carboxylic acids is 1.